The van der Waals surface area contributed by atoms with Crippen LogP contribution in [0, 0.1) is 6.92 Å². The van der Waals surface area contributed by atoms with Gasteiger partial charge >= 0.3 is 0 Å². The first-order valence-electron chi connectivity index (χ1n) is 8.50. The summed E-state index contributed by atoms with van der Waals surface area (Å²) in [6.07, 6.45) is 0.769. The van der Waals surface area contributed by atoms with Crippen LogP contribution < -0.4 is 0 Å². The normalized spacial score (nSPS) is 21.4. The number of fused-ring (bicyclic) bond motifs is 1. The molecule has 2 heterocycles. The third kappa shape index (κ3) is 2.81. The summed E-state index contributed by atoms with van der Waals surface area (Å²) in [5.41, 5.74) is 3.55. The van der Waals surface area contributed by atoms with E-state index in [4.69, 9.17) is 4.98 Å². The Hall–Kier alpha value is -2.23. The smallest absolute Gasteiger partial charge is 0.104 e. The van der Waals surface area contributed by atoms with Crippen LogP contribution in [-0.4, -0.2) is 28.1 Å². The van der Waals surface area contributed by atoms with E-state index in [2.05, 4.69) is 36.1 Å². The molecule has 3 aromatic rings. The van der Waals surface area contributed by atoms with Gasteiger partial charge in [-0.2, -0.15) is 0 Å². The maximum atomic E-state index is 11.1. The maximum Gasteiger partial charge on any atom is 0.104 e. The summed E-state index contributed by atoms with van der Waals surface area (Å²) < 4.78 is 0. The Morgan fingerprint density at radius 2 is 1.83 bits per heavy atom. The molecule has 1 atom stereocenters. The lowest BCUT2D eigenvalue weighted by molar-refractivity contribution is 0.0446. The molecule has 1 aliphatic heterocycles. The monoisotopic (exact) mass is 318 g/mol. The second-order valence-corrected chi connectivity index (χ2v) is 6.80. The van der Waals surface area contributed by atoms with Crippen molar-refractivity contribution in [2.24, 2.45) is 0 Å². The quantitative estimate of drug-likeness (QED) is 0.801. The lowest BCUT2D eigenvalue weighted by Gasteiger charge is -2.25. The molecule has 3 heteroatoms. The molecule has 0 saturated carbocycles. The Morgan fingerprint density at radius 3 is 2.71 bits per heavy atom. The predicted octanol–water partition coefficient (Wildman–Crippen LogP) is 3.64. The molecule has 0 bridgehead atoms. The van der Waals surface area contributed by atoms with Crippen molar-refractivity contribution >= 4 is 10.9 Å². The maximum absolute atomic E-state index is 11.1. The largest absolute Gasteiger partial charge is 0.384 e. The zero-order valence-electron chi connectivity index (χ0n) is 13.9. The van der Waals surface area contributed by atoms with E-state index in [0.717, 1.165) is 41.8 Å². The van der Waals surface area contributed by atoms with Gasteiger partial charge in [-0.3, -0.25) is 9.88 Å². The number of benzene rings is 2. The Labute approximate surface area is 142 Å². The van der Waals surface area contributed by atoms with Crippen LogP contribution in [0.15, 0.2) is 60.7 Å². The number of rotatable bonds is 3. The van der Waals surface area contributed by atoms with Gasteiger partial charge in [-0.1, -0.05) is 48.5 Å². The molecule has 1 fully saturated rings. The minimum Gasteiger partial charge on any atom is -0.384 e. The Balaban J connectivity index is 1.53. The van der Waals surface area contributed by atoms with E-state index in [1.807, 2.05) is 36.4 Å². The summed E-state index contributed by atoms with van der Waals surface area (Å²) in [6.45, 7) is 4.39. The summed E-state index contributed by atoms with van der Waals surface area (Å²) in [5.74, 6) is 0. The third-order valence-electron chi connectivity index (χ3n) is 5.01. The molecule has 1 unspecified atom stereocenters. The summed E-state index contributed by atoms with van der Waals surface area (Å²) >= 11 is 0. The van der Waals surface area contributed by atoms with Crippen molar-refractivity contribution < 1.29 is 5.11 Å². The number of para-hydroxylation sites is 1. The third-order valence-corrected chi connectivity index (χ3v) is 5.01. The number of β-amino-alcohol motifs (C(OH)–C–C–N with tert-alkyl or cyclic N) is 1. The Kier molecular flexibility index (Phi) is 3.83. The first kappa shape index (κ1) is 15.3. The fourth-order valence-corrected chi connectivity index (χ4v) is 3.75. The van der Waals surface area contributed by atoms with Crippen molar-refractivity contribution in [3.63, 3.8) is 0 Å². The van der Waals surface area contributed by atoms with E-state index < -0.39 is 5.60 Å². The highest BCUT2D eigenvalue weighted by Crippen LogP contribution is 2.34. The molecule has 122 valence electrons. The van der Waals surface area contributed by atoms with Gasteiger partial charge < -0.3 is 5.11 Å². The SMILES string of the molecule is Cc1ccccc1C1(O)CCN(Cc2ccc3ccccc3n2)C1. The highest BCUT2D eigenvalue weighted by atomic mass is 16.3. The summed E-state index contributed by atoms with van der Waals surface area (Å²) in [6, 6.07) is 20.5. The van der Waals surface area contributed by atoms with Crippen molar-refractivity contribution in [2.75, 3.05) is 13.1 Å². The van der Waals surface area contributed by atoms with Crippen LogP contribution in [0.5, 0.6) is 0 Å². The van der Waals surface area contributed by atoms with Crippen LogP contribution in [0.25, 0.3) is 10.9 Å². The van der Waals surface area contributed by atoms with Crippen LogP contribution in [-0.2, 0) is 12.1 Å². The molecule has 24 heavy (non-hydrogen) atoms. The fourth-order valence-electron chi connectivity index (χ4n) is 3.75. The van der Waals surface area contributed by atoms with Gasteiger partial charge in [0, 0.05) is 25.0 Å². The molecule has 0 amide bonds. The van der Waals surface area contributed by atoms with Gasteiger partial charge in [0.15, 0.2) is 0 Å². The number of likely N-dealkylation sites (tertiary alicyclic amines) is 1. The van der Waals surface area contributed by atoms with Gasteiger partial charge in [-0.15, -0.1) is 0 Å². The fraction of sp³-hybridized carbons (Fsp3) is 0.286. The molecular weight excluding hydrogens is 296 g/mol. The minimum absolute atomic E-state index is 0.659. The number of pyridine rings is 1. The summed E-state index contributed by atoms with van der Waals surface area (Å²) in [7, 11) is 0. The van der Waals surface area contributed by atoms with E-state index in [0.29, 0.717) is 6.54 Å². The molecule has 1 N–H and O–H groups in total. The topological polar surface area (TPSA) is 36.4 Å². The molecule has 1 aromatic heterocycles. The molecule has 1 aliphatic rings. The van der Waals surface area contributed by atoms with Gasteiger partial charge in [-0.25, -0.2) is 0 Å². The van der Waals surface area contributed by atoms with Crippen LogP contribution >= 0.6 is 0 Å². The van der Waals surface area contributed by atoms with Crippen LogP contribution in [0.2, 0.25) is 0 Å². The molecule has 0 aliphatic carbocycles. The van der Waals surface area contributed by atoms with Gasteiger partial charge in [0.25, 0.3) is 0 Å². The van der Waals surface area contributed by atoms with Gasteiger partial charge in [-0.05, 0) is 36.6 Å². The number of aryl methyl sites for hydroxylation is 1. The molecule has 3 nitrogen and oxygen atoms in total. The number of aromatic nitrogens is 1. The molecule has 0 spiro atoms. The van der Waals surface area contributed by atoms with E-state index in [1.165, 1.54) is 5.39 Å². The number of hydrogen-bond donors (Lipinski definition) is 1. The van der Waals surface area contributed by atoms with E-state index in [9.17, 15) is 5.11 Å². The van der Waals surface area contributed by atoms with Crippen LogP contribution in [0.1, 0.15) is 23.2 Å². The predicted molar refractivity (Wildman–Crippen MR) is 96.7 cm³/mol. The van der Waals surface area contributed by atoms with E-state index in [-0.39, 0.29) is 0 Å². The summed E-state index contributed by atoms with van der Waals surface area (Å²) in [4.78, 5) is 7.05. The summed E-state index contributed by atoms with van der Waals surface area (Å²) in [5, 5.41) is 12.3. The lowest BCUT2D eigenvalue weighted by atomic mass is 9.89. The van der Waals surface area contributed by atoms with E-state index in [1.54, 1.807) is 0 Å². The van der Waals surface area contributed by atoms with Crippen molar-refractivity contribution in [2.45, 2.75) is 25.5 Å². The van der Waals surface area contributed by atoms with Crippen molar-refractivity contribution in [1.29, 1.82) is 0 Å². The second-order valence-electron chi connectivity index (χ2n) is 6.80. The van der Waals surface area contributed by atoms with Gasteiger partial charge in [0.2, 0.25) is 0 Å². The van der Waals surface area contributed by atoms with Crippen LogP contribution in [0.3, 0.4) is 0 Å². The average Bonchev–Trinajstić information content (AvgIpc) is 2.97. The van der Waals surface area contributed by atoms with Crippen molar-refractivity contribution in [3.05, 3.63) is 77.5 Å². The van der Waals surface area contributed by atoms with Crippen LogP contribution in [0.4, 0.5) is 0 Å². The van der Waals surface area contributed by atoms with Crippen molar-refractivity contribution in [3.8, 4) is 0 Å². The molecule has 0 radical (unpaired) electrons. The first-order valence-corrected chi connectivity index (χ1v) is 8.50. The highest BCUT2D eigenvalue weighted by molar-refractivity contribution is 5.78. The standard InChI is InChI=1S/C21H22N2O/c1-16-6-2-4-8-19(16)21(24)12-13-23(15-21)14-18-11-10-17-7-3-5-9-20(17)22-18/h2-11,24H,12-15H2,1H3. The first-order chi connectivity index (χ1) is 11.6. The van der Waals surface area contributed by atoms with Gasteiger partial charge in [0.1, 0.15) is 5.60 Å². The second kappa shape index (κ2) is 6.00. The zero-order chi connectivity index (χ0) is 16.6. The molecule has 1 saturated heterocycles. The molecular formula is C21H22N2O. The zero-order valence-corrected chi connectivity index (χ0v) is 13.9. The van der Waals surface area contributed by atoms with E-state index >= 15 is 0 Å². The highest BCUT2D eigenvalue weighted by Gasteiger charge is 2.38. The number of hydrogen-bond acceptors (Lipinski definition) is 3. The minimum atomic E-state index is -0.748. The Bertz CT molecular complexity index is 876. The Morgan fingerprint density at radius 1 is 1.04 bits per heavy atom. The number of nitrogens with zero attached hydrogens (tertiary/aromatic N) is 2. The van der Waals surface area contributed by atoms with Gasteiger partial charge in [0.05, 0.1) is 11.2 Å². The van der Waals surface area contributed by atoms with Crippen molar-refractivity contribution in [1.82, 2.24) is 9.88 Å². The lowest BCUT2D eigenvalue weighted by Crippen LogP contribution is -2.31. The molecule has 2 aromatic carbocycles. The number of aliphatic hydroxyl groups is 1. The average molecular weight is 318 g/mol. The molecule has 4 rings (SSSR count).